The van der Waals surface area contributed by atoms with E-state index in [9.17, 15) is 4.79 Å². The van der Waals surface area contributed by atoms with E-state index < -0.39 is 0 Å². The topological polar surface area (TPSA) is 36.0 Å². The van der Waals surface area contributed by atoms with Gasteiger partial charge >= 0.3 is 6.03 Å². The Morgan fingerprint density at radius 1 is 1.32 bits per heavy atom. The quantitative estimate of drug-likeness (QED) is 0.684. The van der Waals surface area contributed by atoms with Gasteiger partial charge in [0.1, 0.15) is 12.4 Å². The molecule has 2 saturated heterocycles. The van der Waals surface area contributed by atoms with Crippen LogP contribution in [0.2, 0.25) is 0 Å². The molecule has 118 valence electrons. The molecule has 5 nitrogen and oxygen atoms in total. The van der Waals surface area contributed by atoms with Crippen LogP contribution in [0.1, 0.15) is 6.42 Å². The van der Waals surface area contributed by atoms with Gasteiger partial charge in [-0.1, -0.05) is 17.7 Å². The summed E-state index contributed by atoms with van der Waals surface area (Å²) >= 11 is 6.09. The first-order valence-corrected chi connectivity index (χ1v) is 8.09. The lowest BCUT2D eigenvalue weighted by atomic mass is 9.73. The summed E-state index contributed by atoms with van der Waals surface area (Å²) in [6.07, 6.45) is 6.32. The lowest BCUT2D eigenvalue weighted by Crippen LogP contribution is -2.73. The second-order valence-electron chi connectivity index (χ2n) is 6.76. The molecule has 2 fully saturated rings. The monoisotopic (exact) mass is 321 g/mol. The highest BCUT2D eigenvalue weighted by Crippen LogP contribution is 2.40. The fourth-order valence-electron chi connectivity index (χ4n) is 3.97. The molecule has 0 N–H and O–H groups in total. The van der Waals surface area contributed by atoms with Gasteiger partial charge in [0.2, 0.25) is 0 Å². The molecule has 4 aliphatic rings. The van der Waals surface area contributed by atoms with Crippen molar-refractivity contribution in [1.82, 2.24) is 14.7 Å². The van der Waals surface area contributed by atoms with Gasteiger partial charge in [0.15, 0.2) is 0 Å². The molecule has 6 heteroatoms. The van der Waals surface area contributed by atoms with Crippen LogP contribution in [-0.2, 0) is 4.74 Å². The number of urea groups is 1. The lowest BCUT2D eigenvalue weighted by Gasteiger charge is -2.60. The van der Waals surface area contributed by atoms with E-state index in [0.29, 0.717) is 30.0 Å². The van der Waals surface area contributed by atoms with Crippen LogP contribution in [0.15, 0.2) is 34.7 Å². The average molecular weight is 322 g/mol. The molecule has 0 aromatic heterocycles. The van der Waals surface area contributed by atoms with E-state index in [1.54, 1.807) is 6.08 Å². The van der Waals surface area contributed by atoms with E-state index in [0.717, 1.165) is 37.6 Å². The number of allylic oxidation sites excluding steroid dienone is 4. The van der Waals surface area contributed by atoms with E-state index in [2.05, 4.69) is 11.9 Å². The second-order valence-corrected chi connectivity index (χ2v) is 7.19. The van der Waals surface area contributed by atoms with Gasteiger partial charge in [0, 0.05) is 49.1 Å². The van der Waals surface area contributed by atoms with Gasteiger partial charge in [-0.15, -0.1) is 0 Å². The first-order chi connectivity index (χ1) is 10.6. The lowest BCUT2D eigenvalue weighted by molar-refractivity contribution is -0.0875. The summed E-state index contributed by atoms with van der Waals surface area (Å²) < 4.78 is 5.69. The molecule has 0 unspecified atom stereocenters. The standard InChI is InChI=1S/C16H20ClN3O2/c1-18-8-16(9-18)10-19(11-16)15(21)20-5-6-22-14-7-12(17)3-2-4-13(14)20/h2-3,7H,4-6,8-11H2,1H3. The van der Waals surface area contributed by atoms with E-state index in [1.807, 2.05) is 22.0 Å². The number of carbonyl (C=O) groups excluding carboxylic acids is 1. The van der Waals surface area contributed by atoms with Crippen molar-refractivity contribution in [1.29, 1.82) is 0 Å². The summed E-state index contributed by atoms with van der Waals surface area (Å²) in [6.45, 7) is 5.10. The van der Waals surface area contributed by atoms with Crippen molar-refractivity contribution >= 4 is 17.6 Å². The van der Waals surface area contributed by atoms with Gasteiger partial charge < -0.3 is 14.5 Å². The predicted molar refractivity (Wildman–Crippen MR) is 84.3 cm³/mol. The minimum Gasteiger partial charge on any atom is -0.490 e. The van der Waals surface area contributed by atoms with Gasteiger partial charge in [-0.2, -0.15) is 0 Å². The Balaban J connectivity index is 1.49. The molecule has 0 aromatic rings. The molecule has 0 atom stereocenters. The van der Waals surface area contributed by atoms with E-state index >= 15 is 0 Å². The van der Waals surface area contributed by atoms with Crippen molar-refractivity contribution in [2.45, 2.75) is 6.42 Å². The van der Waals surface area contributed by atoms with Crippen LogP contribution >= 0.6 is 11.6 Å². The zero-order valence-corrected chi connectivity index (χ0v) is 13.5. The first kappa shape index (κ1) is 14.2. The summed E-state index contributed by atoms with van der Waals surface area (Å²) in [7, 11) is 2.13. The molecule has 3 heterocycles. The zero-order valence-electron chi connectivity index (χ0n) is 12.7. The molecule has 22 heavy (non-hydrogen) atoms. The van der Waals surface area contributed by atoms with Crippen molar-refractivity contribution in [2.24, 2.45) is 5.41 Å². The molecule has 1 spiro atoms. The normalized spacial score (nSPS) is 26.7. The molecule has 3 aliphatic heterocycles. The van der Waals surface area contributed by atoms with Crippen LogP contribution in [0.4, 0.5) is 4.79 Å². The van der Waals surface area contributed by atoms with Gasteiger partial charge in [-0.05, 0) is 13.1 Å². The van der Waals surface area contributed by atoms with Crippen molar-refractivity contribution in [2.75, 3.05) is 46.4 Å². The first-order valence-electron chi connectivity index (χ1n) is 7.71. The number of halogens is 1. The summed E-state index contributed by atoms with van der Waals surface area (Å²) in [5.41, 5.74) is 1.29. The van der Waals surface area contributed by atoms with E-state index in [-0.39, 0.29) is 6.03 Å². The molecular weight excluding hydrogens is 302 g/mol. The maximum Gasteiger partial charge on any atom is 0.324 e. The summed E-state index contributed by atoms with van der Waals surface area (Å²) in [5.74, 6) is 0.730. The second kappa shape index (κ2) is 5.03. The number of likely N-dealkylation sites (tertiary alicyclic amines) is 2. The molecule has 0 saturated carbocycles. The fraction of sp³-hybridized carbons (Fsp3) is 0.562. The van der Waals surface area contributed by atoms with Gasteiger partial charge in [-0.25, -0.2) is 4.79 Å². The van der Waals surface area contributed by atoms with Gasteiger partial charge in [0.25, 0.3) is 0 Å². The smallest absolute Gasteiger partial charge is 0.324 e. The summed E-state index contributed by atoms with van der Waals surface area (Å²) in [4.78, 5) is 18.9. The Hall–Kier alpha value is -1.46. The van der Waals surface area contributed by atoms with Crippen LogP contribution in [0.3, 0.4) is 0 Å². The summed E-state index contributed by atoms with van der Waals surface area (Å²) in [6, 6.07) is 0.107. The molecular formula is C16H20ClN3O2. The number of carbonyl (C=O) groups is 1. The Morgan fingerprint density at radius 2 is 2.09 bits per heavy atom. The molecule has 1 aliphatic carbocycles. The fourth-order valence-corrected chi connectivity index (χ4v) is 4.16. The Kier molecular flexibility index (Phi) is 3.24. The molecule has 0 aromatic carbocycles. The zero-order chi connectivity index (χ0) is 15.3. The highest BCUT2D eigenvalue weighted by Gasteiger charge is 2.52. The van der Waals surface area contributed by atoms with Crippen LogP contribution in [0.25, 0.3) is 0 Å². The average Bonchev–Trinajstić information content (AvgIpc) is 2.60. The Labute approximate surface area is 135 Å². The molecule has 0 radical (unpaired) electrons. The SMILES string of the molecule is CN1CC2(C1)CN(C(=O)N1CCOC3=C1CC=CC(Cl)=C3)C2. The Bertz CT molecular complexity index is 597. The number of nitrogens with zero attached hydrogens (tertiary/aromatic N) is 3. The van der Waals surface area contributed by atoms with Crippen molar-refractivity contribution in [3.05, 3.63) is 34.7 Å². The Morgan fingerprint density at radius 3 is 2.82 bits per heavy atom. The minimum absolute atomic E-state index is 0.107. The van der Waals surface area contributed by atoms with Crippen LogP contribution in [-0.4, -0.2) is 67.1 Å². The van der Waals surface area contributed by atoms with Crippen LogP contribution in [0.5, 0.6) is 0 Å². The van der Waals surface area contributed by atoms with Crippen molar-refractivity contribution in [3.8, 4) is 0 Å². The highest BCUT2D eigenvalue weighted by molar-refractivity contribution is 6.31. The summed E-state index contributed by atoms with van der Waals surface area (Å²) in [5, 5.41) is 0.639. The van der Waals surface area contributed by atoms with Crippen molar-refractivity contribution in [3.63, 3.8) is 0 Å². The minimum atomic E-state index is 0.107. The van der Waals surface area contributed by atoms with Crippen LogP contribution in [0, 0.1) is 5.41 Å². The van der Waals surface area contributed by atoms with Crippen molar-refractivity contribution < 1.29 is 9.53 Å². The molecule has 4 rings (SSSR count). The highest BCUT2D eigenvalue weighted by atomic mass is 35.5. The third-order valence-electron chi connectivity index (χ3n) is 4.80. The van der Waals surface area contributed by atoms with Gasteiger partial charge in [0.05, 0.1) is 12.2 Å². The van der Waals surface area contributed by atoms with Gasteiger partial charge in [-0.3, -0.25) is 4.90 Å². The number of amides is 2. The molecule has 0 bridgehead atoms. The maximum atomic E-state index is 12.8. The molecule has 2 amide bonds. The van der Waals surface area contributed by atoms with E-state index in [4.69, 9.17) is 16.3 Å². The van der Waals surface area contributed by atoms with E-state index in [1.165, 1.54) is 0 Å². The number of hydrogen-bond acceptors (Lipinski definition) is 3. The van der Waals surface area contributed by atoms with Crippen LogP contribution < -0.4 is 0 Å². The number of rotatable bonds is 0. The number of ether oxygens (including phenoxy) is 1. The predicted octanol–water partition coefficient (Wildman–Crippen LogP) is 1.98. The maximum absolute atomic E-state index is 12.8. The third kappa shape index (κ3) is 2.23. The third-order valence-corrected chi connectivity index (χ3v) is 5.04. The largest absolute Gasteiger partial charge is 0.490 e. The number of hydrogen-bond donors (Lipinski definition) is 0.